The summed E-state index contributed by atoms with van der Waals surface area (Å²) < 4.78 is 6.37. The van der Waals surface area contributed by atoms with Gasteiger partial charge in [-0.15, -0.1) is 0 Å². The van der Waals surface area contributed by atoms with Crippen LogP contribution < -0.4 is 5.32 Å². The molecule has 3 aliphatic rings. The molecule has 2 heterocycles. The molecule has 4 heteroatoms. The van der Waals surface area contributed by atoms with Crippen LogP contribution >= 0.6 is 0 Å². The molecule has 2 fully saturated rings. The van der Waals surface area contributed by atoms with E-state index < -0.39 is 0 Å². The molecule has 0 bridgehead atoms. The summed E-state index contributed by atoms with van der Waals surface area (Å²) in [6.07, 6.45) is 11.6. The molecule has 158 valence electrons. The molecule has 30 heavy (non-hydrogen) atoms. The monoisotopic (exact) mass is 404 g/mol. The Bertz CT molecular complexity index is 891. The SMILES string of the molecule is O=C1CCC(NCCC2(c3ccccn3)CCOC3(CCCC3)C2)c2ccccc21. The first-order chi connectivity index (χ1) is 14.7. The van der Waals surface area contributed by atoms with Gasteiger partial charge in [0, 0.05) is 41.9 Å². The van der Waals surface area contributed by atoms with Crippen molar-refractivity contribution in [1.29, 1.82) is 0 Å². The highest BCUT2D eigenvalue weighted by molar-refractivity contribution is 5.98. The second-order valence-electron chi connectivity index (χ2n) is 9.47. The fraction of sp³-hybridized carbons (Fsp3) is 0.538. The number of carbonyl (C=O) groups is 1. The zero-order valence-electron chi connectivity index (χ0n) is 17.7. The molecule has 1 saturated heterocycles. The van der Waals surface area contributed by atoms with Gasteiger partial charge in [-0.2, -0.15) is 0 Å². The Balaban J connectivity index is 1.34. The summed E-state index contributed by atoms with van der Waals surface area (Å²) in [5.41, 5.74) is 3.41. The lowest BCUT2D eigenvalue weighted by molar-refractivity contribution is -0.104. The quantitative estimate of drug-likeness (QED) is 0.750. The van der Waals surface area contributed by atoms with Crippen molar-refractivity contribution in [1.82, 2.24) is 10.3 Å². The number of pyridine rings is 1. The number of ketones is 1. The second kappa shape index (κ2) is 8.24. The van der Waals surface area contributed by atoms with Gasteiger partial charge in [0.2, 0.25) is 0 Å². The van der Waals surface area contributed by atoms with Crippen LogP contribution in [0.3, 0.4) is 0 Å². The molecule has 1 aliphatic heterocycles. The fourth-order valence-electron chi connectivity index (χ4n) is 6.11. The van der Waals surface area contributed by atoms with E-state index in [9.17, 15) is 4.79 Å². The zero-order valence-corrected chi connectivity index (χ0v) is 17.7. The summed E-state index contributed by atoms with van der Waals surface area (Å²) in [7, 11) is 0. The van der Waals surface area contributed by atoms with Gasteiger partial charge in [0.1, 0.15) is 0 Å². The molecule has 1 saturated carbocycles. The second-order valence-corrected chi connectivity index (χ2v) is 9.47. The molecule has 2 aromatic rings. The maximum atomic E-state index is 12.3. The van der Waals surface area contributed by atoms with E-state index in [4.69, 9.17) is 9.72 Å². The molecule has 2 unspecified atom stereocenters. The van der Waals surface area contributed by atoms with Gasteiger partial charge >= 0.3 is 0 Å². The van der Waals surface area contributed by atoms with Gasteiger partial charge in [0.15, 0.2) is 5.78 Å². The molecular formula is C26H32N2O2. The predicted molar refractivity (Wildman–Crippen MR) is 118 cm³/mol. The number of Topliss-reactive ketones (excluding diaryl/α,β-unsaturated/α-hetero) is 1. The smallest absolute Gasteiger partial charge is 0.163 e. The molecule has 1 spiro atoms. The first kappa shape index (κ1) is 19.9. The minimum atomic E-state index is 0.0552. The number of fused-ring (bicyclic) bond motifs is 1. The largest absolute Gasteiger partial charge is 0.375 e. The molecule has 2 atom stereocenters. The number of nitrogens with one attached hydrogen (secondary N) is 1. The van der Waals surface area contributed by atoms with E-state index in [0.717, 1.165) is 44.4 Å². The van der Waals surface area contributed by atoms with Gasteiger partial charge in [0.05, 0.1) is 5.60 Å². The van der Waals surface area contributed by atoms with Crippen LogP contribution in [0.1, 0.15) is 85.4 Å². The normalized spacial score (nSPS) is 27.9. The van der Waals surface area contributed by atoms with Crippen molar-refractivity contribution in [3.63, 3.8) is 0 Å². The lowest BCUT2D eigenvalue weighted by Gasteiger charge is -2.46. The van der Waals surface area contributed by atoms with E-state index in [0.29, 0.717) is 6.42 Å². The van der Waals surface area contributed by atoms with E-state index in [2.05, 4.69) is 23.5 Å². The maximum absolute atomic E-state index is 12.3. The van der Waals surface area contributed by atoms with E-state index in [1.807, 2.05) is 30.5 Å². The molecule has 2 aliphatic carbocycles. The number of ether oxygens (including phenoxy) is 1. The van der Waals surface area contributed by atoms with E-state index in [1.165, 1.54) is 36.9 Å². The average Bonchev–Trinajstić information content (AvgIpc) is 3.23. The number of nitrogens with zero attached hydrogens (tertiary/aromatic N) is 1. The van der Waals surface area contributed by atoms with Crippen molar-refractivity contribution in [3.05, 3.63) is 65.5 Å². The molecule has 1 N–H and O–H groups in total. The van der Waals surface area contributed by atoms with Crippen LogP contribution in [0.4, 0.5) is 0 Å². The van der Waals surface area contributed by atoms with E-state index in [1.54, 1.807) is 0 Å². The van der Waals surface area contributed by atoms with Crippen LogP contribution in [-0.2, 0) is 10.2 Å². The van der Waals surface area contributed by atoms with Crippen LogP contribution in [0.2, 0.25) is 0 Å². The van der Waals surface area contributed by atoms with Crippen LogP contribution in [0.15, 0.2) is 48.7 Å². The highest BCUT2D eigenvalue weighted by atomic mass is 16.5. The van der Waals surface area contributed by atoms with Gasteiger partial charge in [0.25, 0.3) is 0 Å². The van der Waals surface area contributed by atoms with Crippen molar-refractivity contribution in [2.75, 3.05) is 13.2 Å². The number of hydrogen-bond acceptors (Lipinski definition) is 4. The van der Waals surface area contributed by atoms with Crippen molar-refractivity contribution < 1.29 is 9.53 Å². The minimum Gasteiger partial charge on any atom is -0.375 e. The lowest BCUT2D eigenvalue weighted by Crippen LogP contribution is -2.47. The molecule has 4 nitrogen and oxygen atoms in total. The number of carbonyl (C=O) groups excluding carboxylic acids is 1. The summed E-state index contributed by atoms with van der Waals surface area (Å²) in [4.78, 5) is 17.1. The minimum absolute atomic E-state index is 0.0552. The summed E-state index contributed by atoms with van der Waals surface area (Å²) in [6.45, 7) is 1.76. The summed E-state index contributed by atoms with van der Waals surface area (Å²) in [6, 6.07) is 14.7. The first-order valence-corrected chi connectivity index (χ1v) is 11.6. The fourth-order valence-corrected chi connectivity index (χ4v) is 6.11. The van der Waals surface area contributed by atoms with Crippen LogP contribution in [0.5, 0.6) is 0 Å². The third-order valence-electron chi connectivity index (χ3n) is 7.66. The third-order valence-corrected chi connectivity index (χ3v) is 7.66. The molecule has 5 rings (SSSR count). The topological polar surface area (TPSA) is 51.2 Å². The van der Waals surface area contributed by atoms with Gasteiger partial charge in [-0.3, -0.25) is 9.78 Å². The first-order valence-electron chi connectivity index (χ1n) is 11.6. The predicted octanol–water partition coefficient (Wildman–Crippen LogP) is 5.14. The van der Waals surface area contributed by atoms with Crippen LogP contribution in [-0.4, -0.2) is 29.5 Å². The van der Waals surface area contributed by atoms with Gasteiger partial charge < -0.3 is 10.1 Å². The lowest BCUT2D eigenvalue weighted by atomic mass is 9.68. The molecule has 0 radical (unpaired) electrons. The Morgan fingerprint density at radius 1 is 1.07 bits per heavy atom. The number of rotatable bonds is 5. The Kier molecular flexibility index (Phi) is 5.46. The van der Waals surface area contributed by atoms with Gasteiger partial charge in [-0.05, 0) is 62.8 Å². The average molecular weight is 405 g/mol. The Morgan fingerprint density at radius 2 is 1.90 bits per heavy atom. The molecular weight excluding hydrogens is 372 g/mol. The Hall–Kier alpha value is -2.04. The van der Waals surface area contributed by atoms with E-state index >= 15 is 0 Å². The highest BCUT2D eigenvalue weighted by Gasteiger charge is 2.48. The third kappa shape index (κ3) is 3.72. The van der Waals surface area contributed by atoms with Crippen molar-refractivity contribution >= 4 is 5.78 Å². The van der Waals surface area contributed by atoms with Gasteiger partial charge in [-0.25, -0.2) is 0 Å². The number of benzene rings is 1. The van der Waals surface area contributed by atoms with Gasteiger partial charge in [-0.1, -0.05) is 43.2 Å². The molecule has 1 aromatic carbocycles. The standard InChI is InChI=1S/C26H32N2O2/c29-23-11-10-22(20-7-1-2-8-21(20)23)27-17-14-25(24-9-3-6-16-28-24)15-18-30-26(19-25)12-4-5-13-26/h1-3,6-9,16,22,27H,4-5,10-15,17-19H2. The number of hydrogen-bond donors (Lipinski definition) is 1. The summed E-state index contributed by atoms with van der Waals surface area (Å²) >= 11 is 0. The van der Waals surface area contributed by atoms with Crippen molar-refractivity contribution in [2.24, 2.45) is 0 Å². The Morgan fingerprint density at radius 3 is 2.73 bits per heavy atom. The van der Waals surface area contributed by atoms with Crippen molar-refractivity contribution in [2.45, 2.75) is 74.8 Å². The highest BCUT2D eigenvalue weighted by Crippen LogP contribution is 2.49. The van der Waals surface area contributed by atoms with Crippen LogP contribution in [0, 0.1) is 0 Å². The van der Waals surface area contributed by atoms with E-state index in [-0.39, 0.29) is 22.8 Å². The molecule has 0 amide bonds. The number of aromatic nitrogens is 1. The maximum Gasteiger partial charge on any atom is 0.163 e. The zero-order chi connectivity index (χ0) is 20.4. The summed E-state index contributed by atoms with van der Waals surface area (Å²) in [5, 5.41) is 3.80. The van der Waals surface area contributed by atoms with Crippen LogP contribution in [0.25, 0.3) is 0 Å². The van der Waals surface area contributed by atoms with Crippen molar-refractivity contribution in [3.8, 4) is 0 Å². The molecule has 1 aromatic heterocycles. The summed E-state index contributed by atoms with van der Waals surface area (Å²) in [5.74, 6) is 0.279. The Labute approximate surface area is 179 Å².